The fourth-order valence-electron chi connectivity index (χ4n) is 2.17. The summed E-state index contributed by atoms with van der Waals surface area (Å²) in [4.78, 5) is 22.2. The molecule has 0 bridgehead atoms. The van der Waals surface area contributed by atoms with Crippen molar-refractivity contribution in [3.05, 3.63) is 35.4 Å². The Bertz CT molecular complexity index is 471. The smallest absolute Gasteiger partial charge is 0.328 e. The fraction of sp³-hybridized carbons (Fsp3) is 0.273. The van der Waals surface area contributed by atoms with E-state index in [9.17, 15) is 9.59 Å². The maximum atomic E-state index is 11.1. The van der Waals surface area contributed by atoms with Crippen LogP contribution in [0.4, 0.5) is 0 Å². The second-order valence-electron chi connectivity index (χ2n) is 3.96. The molecule has 0 saturated carbocycles. The minimum Gasteiger partial charge on any atom is -0.481 e. The van der Waals surface area contributed by atoms with E-state index in [1.165, 1.54) is 0 Å². The number of carboxylic acids is 2. The summed E-state index contributed by atoms with van der Waals surface area (Å²) in [6.07, 6.45) is -0.100. The van der Waals surface area contributed by atoms with Crippen molar-refractivity contribution in [3.8, 4) is 0 Å². The Balaban J connectivity index is 2.60. The predicted molar refractivity (Wildman–Crippen MR) is 54.9 cm³/mol. The summed E-state index contributed by atoms with van der Waals surface area (Å²) in [6, 6.07) is 6.54. The van der Waals surface area contributed by atoms with Gasteiger partial charge in [0, 0.05) is 0 Å². The molecule has 84 valence electrons. The zero-order chi connectivity index (χ0) is 11.9. The maximum Gasteiger partial charge on any atom is 0.328 e. The summed E-state index contributed by atoms with van der Waals surface area (Å²) in [7, 11) is 0. The van der Waals surface area contributed by atoms with Gasteiger partial charge < -0.3 is 15.9 Å². The molecule has 16 heavy (non-hydrogen) atoms. The number of rotatable bonds is 2. The highest BCUT2D eigenvalue weighted by molar-refractivity contribution is 5.88. The summed E-state index contributed by atoms with van der Waals surface area (Å²) < 4.78 is 0. The van der Waals surface area contributed by atoms with Crippen LogP contribution >= 0.6 is 0 Å². The Labute approximate surface area is 91.5 Å². The van der Waals surface area contributed by atoms with Gasteiger partial charge in [-0.25, -0.2) is 4.79 Å². The third-order valence-electron chi connectivity index (χ3n) is 3.02. The molecular weight excluding hydrogens is 210 g/mol. The molecule has 0 spiro atoms. The van der Waals surface area contributed by atoms with Crippen LogP contribution in [0, 0.1) is 0 Å². The van der Waals surface area contributed by atoms with Gasteiger partial charge in [0.15, 0.2) is 0 Å². The van der Waals surface area contributed by atoms with Gasteiger partial charge in [-0.2, -0.15) is 0 Å². The van der Waals surface area contributed by atoms with E-state index in [1.54, 1.807) is 24.3 Å². The number of hydrogen-bond donors (Lipinski definition) is 3. The summed E-state index contributed by atoms with van der Waals surface area (Å²) in [5.41, 5.74) is 5.09. The van der Waals surface area contributed by atoms with Crippen molar-refractivity contribution in [2.45, 2.75) is 17.9 Å². The lowest BCUT2D eigenvalue weighted by Crippen LogP contribution is -2.43. The maximum absolute atomic E-state index is 11.1. The first-order valence-corrected chi connectivity index (χ1v) is 4.81. The zero-order valence-corrected chi connectivity index (χ0v) is 8.38. The van der Waals surface area contributed by atoms with Crippen LogP contribution in [0.25, 0.3) is 0 Å². The van der Waals surface area contributed by atoms with E-state index in [1.807, 2.05) is 0 Å². The zero-order valence-electron chi connectivity index (χ0n) is 8.38. The van der Waals surface area contributed by atoms with Gasteiger partial charge in [-0.3, -0.25) is 4.79 Å². The molecule has 2 atom stereocenters. The van der Waals surface area contributed by atoms with Crippen LogP contribution in [0.3, 0.4) is 0 Å². The standard InChI is InChI=1S/C11H11NO4/c12-11(10(15)16)5-7(9(13)14)6-3-1-2-4-8(6)11/h1-4,7H,5,12H2,(H,13,14)(H,15,16)/t7-,11+/m0/s1. The number of carboxylic acid groups (broad SMARTS) is 2. The Kier molecular flexibility index (Phi) is 2.20. The van der Waals surface area contributed by atoms with E-state index >= 15 is 0 Å². The van der Waals surface area contributed by atoms with Crippen molar-refractivity contribution >= 4 is 11.9 Å². The van der Waals surface area contributed by atoms with Gasteiger partial charge >= 0.3 is 11.9 Å². The molecular formula is C11H11NO4. The topological polar surface area (TPSA) is 101 Å². The molecule has 5 nitrogen and oxygen atoms in total. The van der Waals surface area contributed by atoms with Gasteiger partial charge in [0.1, 0.15) is 5.54 Å². The van der Waals surface area contributed by atoms with Gasteiger partial charge in [-0.1, -0.05) is 24.3 Å². The molecule has 1 aromatic rings. The van der Waals surface area contributed by atoms with E-state index in [2.05, 4.69) is 0 Å². The van der Waals surface area contributed by atoms with Crippen molar-refractivity contribution in [3.63, 3.8) is 0 Å². The molecule has 0 unspecified atom stereocenters. The Morgan fingerprint density at radius 2 is 1.94 bits per heavy atom. The van der Waals surface area contributed by atoms with E-state index < -0.39 is 23.4 Å². The van der Waals surface area contributed by atoms with Crippen molar-refractivity contribution in [1.82, 2.24) is 0 Å². The molecule has 4 N–H and O–H groups in total. The molecule has 0 fully saturated rings. The number of nitrogens with two attached hydrogens (primary N) is 1. The molecule has 0 aliphatic heterocycles. The normalized spacial score (nSPS) is 27.4. The van der Waals surface area contributed by atoms with Crippen molar-refractivity contribution in [1.29, 1.82) is 0 Å². The van der Waals surface area contributed by atoms with Gasteiger partial charge in [0.05, 0.1) is 5.92 Å². The van der Waals surface area contributed by atoms with Crippen molar-refractivity contribution in [2.75, 3.05) is 0 Å². The van der Waals surface area contributed by atoms with Gasteiger partial charge in [-0.05, 0) is 17.5 Å². The summed E-state index contributed by atoms with van der Waals surface area (Å²) in [5, 5.41) is 18.1. The predicted octanol–water partition coefficient (Wildman–Crippen LogP) is 0.497. The number of benzene rings is 1. The average molecular weight is 221 g/mol. The van der Waals surface area contributed by atoms with Gasteiger partial charge in [0.2, 0.25) is 0 Å². The lowest BCUT2D eigenvalue weighted by Gasteiger charge is -2.19. The van der Waals surface area contributed by atoms with Crippen LogP contribution in [-0.2, 0) is 15.1 Å². The van der Waals surface area contributed by atoms with Crippen LogP contribution in [0.5, 0.6) is 0 Å². The van der Waals surface area contributed by atoms with E-state index in [0.29, 0.717) is 11.1 Å². The third-order valence-corrected chi connectivity index (χ3v) is 3.02. The second-order valence-corrected chi connectivity index (χ2v) is 3.96. The molecule has 1 aliphatic carbocycles. The lowest BCUT2D eigenvalue weighted by atomic mass is 9.93. The van der Waals surface area contributed by atoms with Crippen LogP contribution in [-0.4, -0.2) is 22.2 Å². The first kappa shape index (κ1) is 10.6. The molecule has 5 heteroatoms. The first-order chi connectivity index (χ1) is 7.47. The average Bonchev–Trinajstić information content (AvgIpc) is 2.55. The van der Waals surface area contributed by atoms with E-state index in [-0.39, 0.29) is 6.42 Å². The van der Waals surface area contributed by atoms with Crippen LogP contribution in [0.1, 0.15) is 23.5 Å². The van der Waals surface area contributed by atoms with Gasteiger partial charge in [0.25, 0.3) is 0 Å². The van der Waals surface area contributed by atoms with Crippen LogP contribution in [0.15, 0.2) is 24.3 Å². The van der Waals surface area contributed by atoms with Gasteiger partial charge in [-0.15, -0.1) is 0 Å². The Morgan fingerprint density at radius 3 is 2.50 bits per heavy atom. The highest BCUT2D eigenvalue weighted by Gasteiger charge is 2.48. The molecule has 0 amide bonds. The molecule has 0 radical (unpaired) electrons. The molecule has 0 aromatic heterocycles. The van der Waals surface area contributed by atoms with Crippen molar-refractivity contribution in [2.24, 2.45) is 5.73 Å². The molecule has 1 aliphatic rings. The summed E-state index contributed by atoms with van der Waals surface area (Å²) in [6.45, 7) is 0. The minimum absolute atomic E-state index is 0.100. The lowest BCUT2D eigenvalue weighted by molar-refractivity contribution is -0.144. The SMILES string of the molecule is N[C@]1(C(=O)O)C[C@H](C(=O)O)c2ccccc21. The number of aliphatic carboxylic acids is 2. The van der Waals surface area contributed by atoms with E-state index in [4.69, 9.17) is 15.9 Å². The molecule has 1 aromatic carbocycles. The molecule has 2 rings (SSSR count). The Morgan fingerprint density at radius 1 is 1.31 bits per heavy atom. The fourth-order valence-corrected chi connectivity index (χ4v) is 2.17. The number of carbonyl (C=O) groups is 2. The number of fused-ring (bicyclic) bond motifs is 1. The highest BCUT2D eigenvalue weighted by atomic mass is 16.4. The highest BCUT2D eigenvalue weighted by Crippen LogP contribution is 2.43. The van der Waals surface area contributed by atoms with Crippen molar-refractivity contribution < 1.29 is 19.8 Å². The summed E-state index contributed by atoms with van der Waals surface area (Å²) >= 11 is 0. The first-order valence-electron chi connectivity index (χ1n) is 4.81. The monoisotopic (exact) mass is 221 g/mol. The quantitative estimate of drug-likeness (QED) is 0.675. The van der Waals surface area contributed by atoms with Crippen LogP contribution in [0.2, 0.25) is 0 Å². The summed E-state index contributed by atoms with van der Waals surface area (Å²) in [5.74, 6) is -3.07. The molecule has 0 heterocycles. The second kappa shape index (κ2) is 3.31. The number of hydrogen-bond acceptors (Lipinski definition) is 3. The Hall–Kier alpha value is -1.88. The minimum atomic E-state index is -1.58. The molecule has 0 saturated heterocycles. The van der Waals surface area contributed by atoms with Crippen LogP contribution < -0.4 is 5.73 Å². The van der Waals surface area contributed by atoms with E-state index in [0.717, 1.165) is 0 Å². The largest absolute Gasteiger partial charge is 0.481 e. The third kappa shape index (κ3) is 1.29.